The Hall–Kier alpha value is -1.90. The van der Waals surface area contributed by atoms with Crippen LogP contribution in [0.1, 0.15) is 30.7 Å². The van der Waals surface area contributed by atoms with Crippen molar-refractivity contribution in [2.24, 2.45) is 0 Å². The summed E-state index contributed by atoms with van der Waals surface area (Å²) in [5.74, 6) is -1.66. The maximum atomic E-state index is 13.6. The summed E-state index contributed by atoms with van der Waals surface area (Å²) in [6, 6.07) is 3.90. The van der Waals surface area contributed by atoms with Crippen molar-refractivity contribution >= 4 is 17.2 Å². The molecule has 0 bridgehead atoms. The van der Waals surface area contributed by atoms with Gasteiger partial charge in [-0.1, -0.05) is 0 Å². The van der Waals surface area contributed by atoms with Gasteiger partial charge in [0.05, 0.1) is 18.8 Å². The number of amides is 1. The summed E-state index contributed by atoms with van der Waals surface area (Å²) in [6.07, 6.45) is 0. The van der Waals surface area contributed by atoms with Crippen LogP contribution in [-0.4, -0.2) is 59.0 Å². The van der Waals surface area contributed by atoms with Gasteiger partial charge in [-0.25, -0.2) is 13.8 Å². The second kappa shape index (κ2) is 8.85. The van der Waals surface area contributed by atoms with Gasteiger partial charge in [0.25, 0.3) is 0 Å². The van der Waals surface area contributed by atoms with Crippen LogP contribution in [-0.2, 0) is 11.3 Å². The van der Waals surface area contributed by atoms with E-state index < -0.39 is 11.6 Å². The Labute approximate surface area is 174 Å². The van der Waals surface area contributed by atoms with Crippen LogP contribution in [0.5, 0.6) is 0 Å². The van der Waals surface area contributed by atoms with E-state index in [9.17, 15) is 13.6 Å². The van der Waals surface area contributed by atoms with E-state index in [-0.39, 0.29) is 11.4 Å². The molecule has 1 N–H and O–H groups in total. The van der Waals surface area contributed by atoms with Crippen molar-refractivity contribution in [3.8, 4) is 11.3 Å². The quantitative estimate of drug-likeness (QED) is 0.802. The second-order valence-electron chi connectivity index (χ2n) is 8.49. The van der Waals surface area contributed by atoms with Crippen LogP contribution in [0.25, 0.3) is 11.3 Å². The van der Waals surface area contributed by atoms with E-state index in [4.69, 9.17) is 0 Å². The predicted molar refractivity (Wildman–Crippen MR) is 112 cm³/mol. The monoisotopic (exact) mass is 422 g/mol. The van der Waals surface area contributed by atoms with Gasteiger partial charge in [-0.2, -0.15) is 0 Å². The van der Waals surface area contributed by atoms with Gasteiger partial charge < -0.3 is 5.32 Å². The molecular formula is C21H28F2N4OS. The average molecular weight is 423 g/mol. The zero-order valence-corrected chi connectivity index (χ0v) is 18.2. The van der Waals surface area contributed by atoms with Crippen molar-refractivity contribution < 1.29 is 13.6 Å². The Kier molecular flexibility index (Phi) is 6.65. The lowest BCUT2D eigenvalue weighted by Crippen LogP contribution is -2.51. The smallest absolute Gasteiger partial charge is 0.234 e. The van der Waals surface area contributed by atoms with Crippen LogP contribution >= 0.6 is 11.3 Å². The van der Waals surface area contributed by atoms with Crippen LogP contribution in [0.4, 0.5) is 8.78 Å². The molecule has 29 heavy (non-hydrogen) atoms. The fraction of sp³-hybridized carbons (Fsp3) is 0.524. The highest BCUT2D eigenvalue weighted by Crippen LogP contribution is 2.29. The van der Waals surface area contributed by atoms with E-state index in [1.54, 1.807) is 17.4 Å². The Morgan fingerprint density at radius 2 is 1.79 bits per heavy atom. The molecule has 1 saturated heterocycles. The SMILES string of the molecule is Cc1sc(CN2CCN(CC(=O)NC(C)(C)C)CC2)nc1-c1ccc(F)c(F)c1. The third-order valence-electron chi connectivity index (χ3n) is 4.74. The van der Waals surface area contributed by atoms with E-state index in [0.717, 1.165) is 48.7 Å². The summed E-state index contributed by atoms with van der Waals surface area (Å²) < 4.78 is 26.7. The molecule has 2 heterocycles. The topological polar surface area (TPSA) is 48.5 Å². The molecule has 158 valence electrons. The van der Waals surface area contributed by atoms with Crippen LogP contribution in [0, 0.1) is 18.6 Å². The molecule has 0 atom stereocenters. The molecule has 0 radical (unpaired) electrons. The lowest BCUT2D eigenvalue weighted by atomic mass is 10.1. The number of carbonyl (C=O) groups excluding carboxylic acids is 1. The minimum atomic E-state index is -0.858. The summed E-state index contributed by atoms with van der Waals surface area (Å²) in [4.78, 5) is 22.2. The number of nitrogens with zero attached hydrogens (tertiary/aromatic N) is 3. The molecule has 5 nitrogen and oxygen atoms in total. The molecule has 0 aliphatic carbocycles. The highest BCUT2D eigenvalue weighted by molar-refractivity contribution is 7.12. The van der Waals surface area contributed by atoms with Crippen LogP contribution in [0.2, 0.25) is 0 Å². The summed E-state index contributed by atoms with van der Waals surface area (Å²) in [6.45, 7) is 12.4. The number of nitrogens with one attached hydrogen (secondary N) is 1. The lowest BCUT2D eigenvalue weighted by molar-refractivity contribution is -0.124. The number of carbonyl (C=O) groups is 1. The Balaban J connectivity index is 1.54. The molecule has 1 fully saturated rings. The van der Waals surface area contributed by atoms with E-state index >= 15 is 0 Å². The molecule has 2 aromatic rings. The molecule has 1 aromatic carbocycles. The number of aryl methyl sites for hydroxylation is 1. The van der Waals surface area contributed by atoms with Crippen LogP contribution in [0.15, 0.2) is 18.2 Å². The highest BCUT2D eigenvalue weighted by atomic mass is 32.1. The van der Waals surface area contributed by atoms with Gasteiger partial charge in [-0.15, -0.1) is 11.3 Å². The van der Waals surface area contributed by atoms with Gasteiger partial charge in [0.2, 0.25) is 5.91 Å². The standard InChI is InChI=1S/C21H28F2N4OS/c1-14-20(15-5-6-16(22)17(23)11-15)24-19(29-14)13-27-9-7-26(8-10-27)12-18(28)25-21(2,3)4/h5-6,11H,7-10,12-13H2,1-4H3,(H,25,28). The van der Waals surface area contributed by atoms with Crippen LogP contribution in [0.3, 0.4) is 0 Å². The van der Waals surface area contributed by atoms with E-state index in [1.807, 2.05) is 27.7 Å². The molecule has 3 rings (SSSR count). The van der Waals surface area contributed by atoms with Gasteiger partial charge in [0, 0.05) is 42.2 Å². The largest absolute Gasteiger partial charge is 0.350 e. The fourth-order valence-electron chi connectivity index (χ4n) is 3.39. The normalized spacial score (nSPS) is 16.2. The molecule has 1 aliphatic heterocycles. The highest BCUT2D eigenvalue weighted by Gasteiger charge is 2.22. The molecule has 1 aromatic heterocycles. The van der Waals surface area contributed by atoms with Gasteiger partial charge in [0.15, 0.2) is 11.6 Å². The molecule has 1 amide bonds. The first kappa shape index (κ1) is 21.8. The van der Waals surface area contributed by atoms with Gasteiger partial charge in [-0.3, -0.25) is 14.6 Å². The molecule has 0 unspecified atom stereocenters. The first-order valence-corrected chi connectivity index (χ1v) is 10.6. The van der Waals surface area contributed by atoms with Crippen molar-refractivity contribution in [3.05, 3.63) is 39.7 Å². The maximum Gasteiger partial charge on any atom is 0.234 e. The summed E-state index contributed by atoms with van der Waals surface area (Å²) >= 11 is 1.58. The van der Waals surface area contributed by atoms with E-state index in [1.165, 1.54) is 6.07 Å². The van der Waals surface area contributed by atoms with Gasteiger partial charge in [0.1, 0.15) is 5.01 Å². The molecular weight excluding hydrogens is 394 g/mol. The third kappa shape index (κ3) is 6.04. The Morgan fingerprint density at radius 3 is 2.41 bits per heavy atom. The van der Waals surface area contributed by atoms with Crippen LogP contribution < -0.4 is 5.32 Å². The zero-order chi connectivity index (χ0) is 21.2. The van der Waals surface area contributed by atoms with E-state index in [2.05, 4.69) is 20.1 Å². The minimum absolute atomic E-state index is 0.0534. The maximum absolute atomic E-state index is 13.6. The number of piperazine rings is 1. The minimum Gasteiger partial charge on any atom is -0.350 e. The van der Waals surface area contributed by atoms with Crippen molar-refractivity contribution in [1.29, 1.82) is 0 Å². The van der Waals surface area contributed by atoms with Gasteiger partial charge in [-0.05, 0) is 45.9 Å². The number of thiazole rings is 1. The molecule has 0 saturated carbocycles. The van der Waals surface area contributed by atoms with Gasteiger partial charge >= 0.3 is 0 Å². The predicted octanol–water partition coefficient (Wildman–Crippen LogP) is 3.43. The first-order chi connectivity index (χ1) is 13.6. The number of aromatic nitrogens is 1. The summed E-state index contributed by atoms with van der Waals surface area (Å²) in [7, 11) is 0. The van der Waals surface area contributed by atoms with Crippen molar-refractivity contribution in [2.75, 3.05) is 32.7 Å². The molecule has 0 spiro atoms. The fourth-order valence-corrected chi connectivity index (χ4v) is 4.39. The first-order valence-electron chi connectivity index (χ1n) is 9.78. The number of hydrogen-bond acceptors (Lipinski definition) is 5. The number of halogens is 2. The molecule has 1 aliphatic rings. The zero-order valence-electron chi connectivity index (χ0n) is 17.4. The summed E-state index contributed by atoms with van der Waals surface area (Å²) in [5, 5.41) is 3.96. The van der Waals surface area contributed by atoms with Crippen molar-refractivity contribution in [1.82, 2.24) is 20.1 Å². The third-order valence-corrected chi connectivity index (χ3v) is 5.69. The summed E-state index contributed by atoms with van der Waals surface area (Å²) in [5.41, 5.74) is 1.09. The number of hydrogen-bond donors (Lipinski definition) is 1. The second-order valence-corrected chi connectivity index (χ2v) is 9.78. The van der Waals surface area contributed by atoms with Crippen molar-refractivity contribution in [3.63, 3.8) is 0 Å². The average Bonchev–Trinajstić information content (AvgIpc) is 2.97. The number of rotatable bonds is 5. The van der Waals surface area contributed by atoms with E-state index in [0.29, 0.717) is 17.8 Å². The Morgan fingerprint density at radius 1 is 1.14 bits per heavy atom. The Bertz CT molecular complexity index is 870. The molecule has 8 heteroatoms. The lowest BCUT2D eigenvalue weighted by Gasteiger charge is -2.34. The van der Waals surface area contributed by atoms with Crippen molar-refractivity contribution in [2.45, 2.75) is 39.8 Å². The number of benzene rings is 1.